The van der Waals surface area contributed by atoms with Crippen molar-refractivity contribution in [3.63, 3.8) is 0 Å². The summed E-state index contributed by atoms with van der Waals surface area (Å²) in [4.78, 5) is 116. The van der Waals surface area contributed by atoms with Crippen LogP contribution in [0.15, 0.2) is 54.6 Å². The lowest BCUT2D eigenvalue weighted by atomic mass is 9.91. The van der Waals surface area contributed by atoms with Gasteiger partial charge in [0, 0.05) is 39.4 Å². The lowest BCUT2D eigenvalue weighted by Gasteiger charge is -2.44. The van der Waals surface area contributed by atoms with Crippen LogP contribution < -0.4 is 4.74 Å². The topological polar surface area (TPSA) is 744 Å². The summed E-state index contributed by atoms with van der Waals surface area (Å²) in [6, 6.07) is 3.02. The van der Waals surface area contributed by atoms with Crippen LogP contribution in [-0.4, -0.2) is 250 Å². The number of fused-ring (bicyclic) bond motifs is 13. The fourth-order valence-corrected chi connectivity index (χ4v) is 12.5. The van der Waals surface area contributed by atoms with E-state index in [0.717, 1.165) is 0 Å². The SMILES string of the molecule is O=C(O[C@@H]1[C@@H](O)[C@@H]2OC(=O)c3cc(O)c(O)c(O)c3-c3c(cc(O)c(O)c3O)C(=O)OC[C@H]2O[C@H]1O)c1cc(O)c(O)c(Oc2c(C(=O)O[C@H]3O[C@@H]4COC(=O)c5cc(O)c(O)c(O)c5-c5c(cc(O)c(O)c5O)C(=O)O[C@H]4[C@@H]4OC(=O)c5cc(O)c(O)c(O)c5-c5c(cc(O)c(O)c5O)C(=O)O[C@@H]34)cc(O)c(O)c2O)c1. The number of phenols is 23. The predicted octanol–water partition coefficient (Wildman–Crippen LogP) is 1.75. The van der Waals surface area contributed by atoms with Crippen LogP contribution in [0, 0.1) is 0 Å². The number of hydrogen-bond acceptors (Lipinski definition) is 44. The maximum Gasteiger partial charge on any atom is 0.344 e. The van der Waals surface area contributed by atoms with Gasteiger partial charge in [0.15, 0.2) is 123 Å². The smallest absolute Gasteiger partial charge is 0.344 e. The monoisotopic (exact) mass is 1570 g/mol. The molecule has 10 atom stereocenters. The molecule has 44 heteroatoms. The second-order valence-corrected chi connectivity index (χ2v) is 24.6. The third kappa shape index (κ3) is 12.0. The second-order valence-electron chi connectivity index (χ2n) is 24.6. The Balaban J connectivity index is 0.871. The number of rotatable bonds is 6. The first-order valence-electron chi connectivity index (χ1n) is 31.2. The molecule has 5 aliphatic heterocycles. The van der Waals surface area contributed by atoms with Gasteiger partial charge < -0.3 is 180 Å². The highest BCUT2D eigenvalue weighted by molar-refractivity contribution is 6.12. The average molecular weight is 1570 g/mol. The van der Waals surface area contributed by atoms with Gasteiger partial charge in [0.2, 0.25) is 64.1 Å². The van der Waals surface area contributed by atoms with E-state index in [1.165, 1.54) is 0 Å². The molecule has 13 rings (SSSR count). The number of benzene rings is 8. The van der Waals surface area contributed by atoms with Gasteiger partial charge >= 0.3 is 47.8 Å². The summed E-state index contributed by atoms with van der Waals surface area (Å²) < 4.78 is 61.3. The summed E-state index contributed by atoms with van der Waals surface area (Å²) in [5, 5.41) is 274. The van der Waals surface area contributed by atoms with Crippen molar-refractivity contribution in [2.45, 2.75) is 61.4 Å². The number of aromatic hydroxyl groups is 23. The van der Waals surface area contributed by atoms with Crippen LogP contribution in [0.25, 0.3) is 33.4 Å². The van der Waals surface area contributed by atoms with Crippen LogP contribution in [0.4, 0.5) is 0 Å². The molecular weight excluding hydrogens is 1520 g/mol. The van der Waals surface area contributed by atoms with E-state index in [1.54, 1.807) is 0 Å². The largest absolute Gasteiger partial charge is 0.504 e. The highest BCUT2D eigenvalue weighted by Gasteiger charge is 2.57. The maximum atomic E-state index is 15.1. The Morgan fingerprint density at radius 3 is 1.04 bits per heavy atom. The van der Waals surface area contributed by atoms with Crippen molar-refractivity contribution < 1.29 is 218 Å². The minimum atomic E-state index is -2.98. The molecule has 0 unspecified atom stereocenters. The van der Waals surface area contributed by atoms with Gasteiger partial charge in [-0.3, -0.25) is 0 Å². The number of aliphatic hydroxyl groups is 2. The fourth-order valence-electron chi connectivity index (χ4n) is 12.5. The van der Waals surface area contributed by atoms with E-state index < -0.39 is 344 Å². The van der Waals surface area contributed by atoms with Crippen molar-refractivity contribution in [3.8, 4) is 177 Å². The minimum Gasteiger partial charge on any atom is -0.504 e. The highest BCUT2D eigenvalue weighted by atomic mass is 16.8. The molecule has 5 aliphatic rings. The van der Waals surface area contributed by atoms with Crippen molar-refractivity contribution in [2.24, 2.45) is 0 Å². The zero-order valence-electron chi connectivity index (χ0n) is 54.8. The third-order valence-corrected chi connectivity index (χ3v) is 17.9. The average Bonchev–Trinajstić information content (AvgIpc) is 0.937. The molecule has 0 saturated carbocycles. The molecule has 44 nitrogen and oxygen atoms in total. The Bertz CT molecular complexity index is 5510. The molecule has 0 radical (unpaired) electrons. The Hall–Kier alpha value is -15.4. The summed E-state index contributed by atoms with van der Waals surface area (Å²) in [5.41, 5.74) is -16.6. The number of aliphatic hydroxyl groups excluding tert-OH is 2. The van der Waals surface area contributed by atoms with Crippen molar-refractivity contribution >= 4 is 47.8 Å². The van der Waals surface area contributed by atoms with Crippen molar-refractivity contribution in [1.82, 2.24) is 0 Å². The van der Waals surface area contributed by atoms with Crippen LogP contribution in [0.3, 0.4) is 0 Å². The van der Waals surface area contributed by atoms with Gasteiger partial charge in [-0.25, -0.2) is 38.4 Å². The first-order chi connectivity index (χ1) is 52.7. The zero-order chi connectivity index (χ0) is 81.5. The van der Waals surface area contributed by atoms with Crippen LogP contribution in [0.1, 0.15) is 82.9 Å². The molecule has 25 N–H and O–H groups in total. The molecule has 0 aliphatic carbocycles. The summed E-state index contributed by atoms with van der Waals surface area (Å²) in [5.74, 6) is -52.0. The molecule has 8 aromatic carbocycles. The molecule has 2 saturated heterocycles. The second kappa shape index (κ2) is 27.1. The van der Waals surface area contributed by atoms with Gasteiger partial charge in [-0.1, -0.05) is 0 Å². The molecule has 584 valence electrons. The van der Waals surface area contributed by atoms with Crippen LogP contribution in [0.2, 0.25) is 0 Å². The molecule has 0 amide bonds. The lowest BCUT2D eigenvalue weighted by Crippen LogP contribution is -2.63. The van der Waals surface area contributed by atoms with Gasteiger partial charge in [0.05, 0.1) is 38.9 Å². The van der Waals surface area contributed by atoms with E-state index in [4.69, 9.17) is 52.1 Å². The Morgan fingerprint density at radius 2 is 0.643 bits per heavy atom. The van der Waals surface area contributed by atoms with Gasteiger partial charge in [0.1, 0.15) is 37.1 Å². The number of esters is 8. The molecule has 0 aromatic heterocycles. The predicted molar refractivity (Wildman–Crippen MR) is 344 cm³/mol. The first-order valence-corrected chi connectivity index (χ1v) is 31.2. The summed E-state index contributed by atoms with van der Waals surface area (Å²) in [6.07, 6.45) is -26.0. The number of carbonyl (C=O) groups excluding carboxylic acids is 8. The Kier molecular flexibility index (Phi) is 18.1. The summed E-state index contributed by atoms with van der Waals surface area (Å²) in [6.45, 7) is -2.69. The Morgan fingerprint density at radius 1 is 0.321 bits per heavy atom. The first kappa shape index (κ1) is 74.8. The molecule has 0 spiro atoms. The molecule has 2 fully saturated rings. The van der Waals surface area contributed by atoms with E-state index in [-0.39, 0.29) is 12.1 Å². The molecule has 112 heavy (non-hydrogen) atoms. The Labute approximate surface area is 614 Å². The highest BCUT2D eigenvalue weighted by Crippen LogP contribution is 2.58. The minimum absolute atomic E-state index is 0.181. The standard InChI is InChI=1S/C68H48O44/c69-20-1-12(59(93)109-56-52(92)54-29(105-67(56)101)10-102-60(94)13-3-21(70)38(78)45(85)31(13)33-15(62(96)107-54)5-23(72)40(80)47(33)87)2-28(37(20)77)104-53-19(9-27(76)44(84)51(53)91)66(100)112-68-58-57(110-64(98)17-7-25(74)42(82)49(89)35(17)36-18(65(99)111-58)8-26(75)43(83)50(36)90)55-30(106-68)11-103-61(95)14-4-22(71)39(79)46(86)32(14)34-16(63(97)108-55)6-24(73)41(81)48(34)88/h1-9,29-30,52,54-58,67-92,101H,10-11H2/t29-,30-,52+,54-,55-,56-,57+,58-,67-,68-/m1/s1. The van der Waals surface area contributed by atoms with Crippen molar-refractivity contribution in [1.29, 1.82) is 0 Å². The van der Waals surface area contributed by atoms with E-state index in [1.807, 2.05) is 0 Å². The van der Waals surface area contributed by atoms with Gasteiger partial charge in [0.25, 0.3) is 0 Å². The number of ether oxygens (including phenoxy) is 11. The van der Waals surface area contributed by atoms with Gasteiger partial charge in [-0.2, -0.15) is 0 Å². The van der Waals surface area contributed by atoms with E-state index in [9.17, 15) is 161 Å². The number of hydrogen-bond donors (Lipinski definition) is 25. The quantitative estimate of drug-likeness (QED) is 0.0640. The van der Waals surface area contributed by atoms with Crippen LogP contribution in [0.5, 0.6) is 144 Å². The maximum absolute atomic E-state index is 15.1. The molecule has 0 bridgehead atoms. The van der Waals surface area contributed by atoms with Crippen LogP contribution in [-0.2, 0) is 47.4 Å². The zero-order valence-corrected chi connectivity index (χ0v) is 54.8. The van der Waals surface area contributed by atoms with E-state index in [2.05, 4.69) is 0 Å². The number of carbonyl (C=O) groups is 8. The van der Waals surface area contributed by atoms with E-state index >= 15 is 4.79 Å². The number of cyclic esters (lactones) is 2. The normalized spacial score (nSPS) is 21.3. The summed E-state index contributed by atoms with van der Waals surface area (Å²) >= 11 is 0. The summed E-state index contributed by atoms with van der Waals surface area (Å²) in [7, 11) is 0. The number of phenolic OH excluding ortho intramolecular Hbond substituents is 23. The van der Waals surface area contributed by atoms with E-state index in [0.29, 0.717) is 42.5 Å². The lowest BCUT2D eigenvalue weighted by molar-refractivity contribution is -0.284. The van der Waals surface area contributed by atoms with Gasteiger partial charge in [-0.15, -0.1) is 0 Å². The van der Waals surface area contributed by atoms with Crippen molar-refractivity contribution in [3.05, 3.63) is 99.1 Å². The molecule has 8 aromatic rings. The third-order valence-electron chi connectivity index (χ3n) is 17.9. The van der Waals surface area contributed by atoms with Crippen LogP contribution >= 0.6 is 0 Å². The van der Waals surface area contributed by atoms with Gasteiger partial charge in [-0.05, 0) is 48.5 Å². The fraction of sp³-hybridized carbons (Fsp3) is 0.176. The molecule has 5 heterocycles. The van der Waals surface area contributed by atoms with Crippen molar-refractivity contribution in [2.75, 3.05) is 13.2 Å². The molecular formula is C68H48O44.